The van der Waals surface area contributed by atoms with E-state index in [4.69, 9.17) is 14.6 Å². The van der Waals surface area contributed by atoms with Crippen molar-refractivity contribution in [2.75, 3.05) is 47.0 Å². The van der Waals surface area contributed by atoms with Crippen molar-refractivity contribution in [2.45, 2.75) is 59.3 Å². The number of para-hydroxylation sites is 1. The van der Waals surface area contributed by atoms with Gasteiger partial charge in [-0.05, 0) is 55.6 Å². The molecule has 2 N–H and O–H groups in total. The Hall–Kier alpha value is -3.64. The molecular formula is C36H52N6O4S. The van der Waals surface area contributed by atoms with Crippen LogP contribution < -0.4 is 9.88 Å². The topological polar surface area (TPSA) is 108 Å². The highest BCUT2D eigenvalue weighted by Gasteiger charge is 2.26. The number of fused-ring (bicyclic) bond motifs is 1. The van der Waals surface area contributed by atoms with Gasteiger partial charge in [0.2, 0.25) is 0 Å². The van der Waals surface area contributed by atoms with Crippen molar-refractivity contribution in [2.24, 2.45) is 12.2 Å². The highest BCUT2D eigenvalue weighted by Crippen LogP contribution is 2.44. The summed E-state index contributed by atoms with van der Waals surface area (Å²) in [6, 6.07) is 13.8. The maximum atomic E-state index is 13.2. The SMILES string of the molecule is CC.CCCC(CCC)c1c(-c2ccccc2OCC(=O)N(C)CCOCCN(C)SN)n(C)c2cc(C(=O)n3ccnc3)ccc12. The van der Waals surface area contributed by atoms with E-state index in [2.05, 4.69) is 35.5 Å². The first-order chi connectivity index (χ1) is 22.8. The number of carbonyl (C=O) groups is 2. The molecule has 11 heteroatoms. The Morgan fingerprint density at radius 3 is 2.38 bits per heavy atom. The fourth-order valence-electron chi connectivity index (χ4n) is 5.71. The molecule has 0 aliphatic rings. The van der Waals surface area contributed by atoms with E-state index in [1.54, 1.807) is 24.3 Å². The van der Waals surface area contributed by atoms with Crippen molar-refractivity contribution in [3.8, 4) is 17.0 Å². The molecule has 0 atom stereocenters. The molecule has 0 aliphatic heterocycles. The minimum Gasteiger partial charge on any atom is -0.483 e. The van der Waals surface area contributed by atoms with Crippen LogP contribution in [0.4, 0.5) is 0 Å². The van der Waals surface area contributed by atoms with Crippen LogP contribution in [0, 0.1) is 0 Å². The number of likely N-dealkylation sites (N-methyl/N-ethyl adjacent to an activating group) is 2. The van der Waals surface area contributed by atoms with Crippen LogP contribution in [0.3, 0.4) is 0 Å². The van der Waals surface area contributed by atoms with Crippen molar-refractivity contribution in [3.63, 3.8) is 0 Å². The van der Waals surface area contributed by atoms with Gasteiger partial charge in [-0.2, -0.15) is 0 Å². The Bertz CT molecular complexity index is 1550. The van der Waals surface area contributed by atoms with Crippen molar-refractivity contribution in [1.29, 1.82) is 0 Å². The summed E-state index contributed by atoms with van der Waals surface area (Å²) in [4.78, 5) is 31.9. The maximum Gasteiger partial charge on any atom is 0.263 e. The van der Waals surface area contributed by atoms with Crippen LogP contribution in [-0.4, -0.2) is 82.1 Å². The zero-order valence-electron chi connectivity index (χ0n) is 29.1. The standard InChI is InChI=1S/C34H46N6O4S.C2H6/c1-6-10-25(11-7-2)32-27-15-14-26(34(42)40-17-16-36-24-40)22-29(27)39(5)33(32)28-12-8-9-13-30(28)44-23-31(41)37(3)18-20-43-21-19-38(4)45-35;1-2/h8-9,12-17,22,24-25H,6-7,10-11,18-21,23,35H2,1-5H3;1-2H3. The first-order valence-electron chi connectivity index (χ1n) is 16.6. The van der Waals surface area contributed by atoms with Crippen LogP contribution in [0.5, 0.6) is 5.75 Å². The molecule has 0 saturated heterocycles. The summed E-state index contributed by atoms with van der Waals surface area (Å²) in [6.45, 7) is 10.5. The highest BCUT2D eigenvalue weighted by atomic mass is 32.2. The molecule has 0 saturated carbocycles. The number of imidazole rings is 1. The molecule has 1 amide bonds. The van der Waals surface area contributed by atoms with Crippen LogP contribution in [0.1, 0.15) is 75.2 Å². The predicted octanol–water partition coefficient (Wildman–Crippen LogP) is 6.75. The number of carbonyl (C=O) groups excluding carboxylic acids is 2. The number of aromatic nitrogens is 3. The van der Waals surface area contributed by atoms with Gasteiger partial charge in [0.25, 0.3) is 11.8 Å². The van der Waals surface area contributed by atoms with E-state index in [-0.39, 0.29) is 18.4 Å². The Morgan fingerprint density at radius 2 is 1.72 bits per heavy atom. The Balaban J connectivity index is 0.00000294. The average molecular weight is 665 g/mol. The maximum absolute atomic E-state index is 13.2. The van der Waals surface area contributed by atoms with Gasteiger partial charge in [-0.25, -0.2) is 9.29 Å². The number of benzene rings is 2. The molecule has 4 aromatic rings. The van der Waals surface area contributed by atoms with Crippen molar-refractivity contribution >= 4 is 34.9 Å². The van der Waals surface area contributed by atoms with E-state index in [1.165, 1.54) is 16.5 Å². The molecule has 0 fully saturated rings. The molecule has 4 rings (SSSR count). The molecule has 2 aromatic carbocycles. The third kappa shape index (κ3) is 9.70. The lowest BCUT2D eigenvalue weighted by atomic mass is 9.86. The second-order valence-corrected chi connectivity index (χ2v) is 12.1. The number of ether oxygens (including phenoxy) is 2. The zero-order valence-corrected chi connectivity index (χ0v) is 29.9. The van der Waals surface area contributed by atoms with Crippen LogP contribution in [0.15, 0.2) is 61.2 Å². The van der Waals surface area contributed by atoms with E-state index >= 15 is 0 Å². The molecule has 0 bridgehead atoms. The number of hydrogen-bond acceptors (Lipinski definition) is 8. The lowest BCUT2D eigenvalue weighted by Crippen LogP contribution is -2.34. The smallest absolute Gasteiger partial charge is 0.263 e. The third-order valence-corrected chi connectivity index (χ3v) is 8.67. The van der Waals surface area contributed by atoms with E-state index in [0.29, 0.717) is 43.5 Å². The summed E-state index contributed by atoms with van der Waals surface area (Å²) in [5.41, 5.74) is 4.80. The molecule has 47 heavy (non-hydrogen) atoms. The fraction of sp³-hybridized carbons (Fsp3) is 0.472. The van der Waals surface area contributed by atoms with E-state index in [9.17, 15) is 9.59 Å². The number of nitrogens with two attached hydrogens (primary N) is 1. The van der Waals surface area contributed by atoms with Gasteiger partial charge in [-0.3, -0.25) is 19.3 Å². The van der Waals surface area contributed by atoms with Crippen LogP contribution in [0.2, 0.25) is 0 Å². The zero-order chi connectivity index (χ0) is 34.3. The third-order valence-electron chi connectivity index (χ3n) is 8.13. The second kappa shape index (κ2) is 19.2. The molecule has 0 aliphatic carbocycles. The summed E-state index contributed by atoms with van der Waals surface area (Å²) < 4.78 is 17.4. The van der Waals surface area contributed by atoms with E-state index in [0.717, 1.165) is 60.0 Å². The first-order valence-corrected chi connectivity index (χ1v) is 17.4. The van der Waals surface area contributed by atoms with Crippen LogP contribution >= 0.6 is 12.1 Å². The largest absolute Gasteiger partial charge is 0.483 e. The minimum absolute atomic E-state index is 0.0871. The Labute approximate surface area is 284 Å². The summed E-state index contributed by atoms with van der Waals surface area (Å²) in [6.07, 6.45) is 9.00. The number of amides is 1. The van der Waals surface area contributed by atoms with Crippen LogP contribution in [-0.2, 0) is 16.6 Å². The first kappa shape index (κ1) is 37.8. The number of nitrogens with zero attached hydrogens (tertiary/aromatic N) is 5. The van der Waals surface area contributed by atoms with Gasteiger partial charge in [0.1, 0.15) is 12.1 Å². The number of rotatable bonds is 17. The fourth-order valence-corrected chi connectivity index (χ4v) is 5.89. The molecule has 2 heterocycles. The predicted molar refractivity (Wildman–Crippen MR) is 193 cm³/mol. The highest BCUT2D eigenvalue weighted by molar-refractivity contribution is 7.94. The molecular weight excluding hydrogens is 613 g/mol. The van der Waals surface area contributed by atoms with Gasteiger partial charge in [0.15, 0.2) is 6.61 Å². The summed E-state index contributed by atoms with van der Waals surface area (Å²) in [5.74, 6) is 0.721. The molecule has 10 nitrogen and oxygen atoms in total. The van der Waals surface area contributed by atoms with E-state index < -0.39 is 0 Å². The molecule has 256 valence electrons. The Kier molecular flexibility index (Phi) is 15.5. The van der Waals surface area contributed by atoms with Gasteiger partial charge in [0.05, 0.1) is 18.9 Å². The molecule has 2 aromatic heterocycles. The number of aryl methyl sites for hydroxylation is 1. The average Bonchev–Trinajstić information content (AvgIpc) is 3.74. The van der Waals surface area contributed by atoms with Gasteiger partial charge in [0, 0.05) is 73.7 Å². The van der Waals surface area contributed by atoms with Crippen LogP contribution in [0.25, 0.3) is 22.2 Å². The van der Waals surface area contributed by atoms with Gasteiger partial charge in [-0.1, -0.05) is 58.7 Å². The lowest BCUT2D eigenvalue weighted by molar-refractivity contribution is -0.132. The monoisotopic (exact) mass is 664 g/mol. The summed E-state index contributed by atoms with van der Waals surface area (Å²) in [5, 5.41) is 6.65. The minimum atomic E-state index is -0.129. The summed E-state index contributed by atoms with van der Waals surface area (Å²) >= 11 is 1.16. The summed E-state index contributed by atoms with van der Waals surface area (Å²) in [7, 11) is 5.70. The second-order valence-electron chi connectivity index (χ2n) is 11.3. The Morgan fingerprint density at radius 1 is 1.02 bits per heavy atom. The molecule has 0 radical (unpaired) electrons. The number of hydrogen-bond donors (Lipinski definition) is 1. The van der Waals surface area contributed by atoms with Gasteiger partial charge >= 0.3 is 0 Å². The van der Waals surface area contributed by atoms with Crippen molar-refractivity contribution < 1.29 is 19.1 Å². The molecule has 0 unspecified atom stereocenters. The normalized spacial score (nSPS) is 11.2. The van der Waals surface area contributed by atoms with Crippen molar-refractivity contribution in [1.82, 2.24) is 23.3 Å². The van der Waals surface area contributed by atoms with Crippen molar-refractivity contribution in [3.05, 3.63) is 72.3 Å². The van der Waals surface area contributed by atoms with Gasteiger partial charge < -0.3 is 18.9 Å². The lowest BCUT2D eigenvalue weighted by Gasteiger charge is -2.21. The quantitative estimate of drug-likeness (QED) is 0.0976. The van der Waals surface area contributed by atoms with Gasteiger partial charge in [-0.15, -0.1) is 0 Å². The molecule has 0 spiro atoms. The van der Waals surface area contributed by atoms with E-state index in [1.807, 2.05) is 62.6 Å².